The van der Waals surface area contributed by atoms with Crippen molar-refractivity contribution in [2.45, 2.75) is 26.4 Å². The molecule has 6 nitrogen and oxygen atoms in total. The number of nitrogens with zero attached hydrogens (tertiary/aromatic N) is 2. The molecule has 30 heavy (non-hydrogen) atoms. The number of nitrogens with one attached hydrogen (secondary N) is 1. The van der Waals surface area contributed by atoms with Crippen molar-refractivity contribution in [2.75, 3.05) is 6.61 Å². The van der Waals surface area contributed by atoms with Crippen LogP contribution in [0.3, 0.4) is 0 Å². The lowest BCUT2D eigenvalue weighted by Gasteiger charge is -2.12. The van der Waals surface area contributed by atoms with E-state index in [0.29, 0.717) is 11.4 Å². The Bertz CT molecular complexity index is 1160. The zero-order valence-corrected chi connectivity index (χ0v) is 18.3. The summed E-state index contributed by atoms with van der Waals surface area (Å²) in [6, 6.07) is 15.6. The predicted molar refractivity (Wildman–Crippen MR) is 119 cm³/mol. The van der Waals surface area contributed by atoms with Gasteiger partial charge < -0.3 is 10.1 Å². The van der Waals surface area contributed by atoms with Gasteiger partial charge in [-0.15, -0.1) is 22.7 Å². The molecule has 1 N–H and O–H groups in total. The van der Waals surface area contributed by atoms with E-state index < -0.39 is 5.97 Å². The van der Waals surface area contributed by atoms with Crippen molar-refractivity contribution in [2.24, 2.45) is 0 Å². The highest BCUT2D eigenvalue weighted by Gasteiger charge is 2.19. The number of aromatic nitrogens is 2. The van der Waals surface area contributed by atoms with Gasteiger partial charge in [-0.25, -0.2) is 4.79 Å². The molecule has 4 aromatic rings. The highest BCUT2D eigenvalue weighted by molar-refractivity contribution is 7.20. The van der Waals surface area contributed by atoms with Crippen LogP contribution >= 0.6 is 22.7 Å². The van der Waals surface area contributed by atoms with Crippen molar-refractivity contribution in [3.8, 4) is 0 Å². The normalized spacial score (nSPS) is 12.1. The topological polar surface area (TPSA) is 73.2 Å². The van der Waals surface area contributed by atoms with Crippen LogP contribution in [0.2, 0.25) is 0 Å². The predicted octanol–water partition coefficient (Wildman–Crippen LogP) is 4.55. The summed E-state index contributed by atoms with van der Waals surface area (Å²) in [5, 5.41) is 10.3. The third kappa shape index (κ3) is 4.44. The van der Waals surface area contributed by atoms with Crippen LogP contribution in [0.5, 0.6) is 0 Å². The molecule has 0 radical (unpaired) electrons. The summed E-state index contributed by atoms with van der Waals surface area (Å²) in [5.74, 6) is -0.822. The summed E-state index contributed by atoms with van der Waals surface area (Å²) in [4.78, 5) is 27.0. The molecule has 0 saturated heterocycles. The summed E-state index contributed by atoms with van der Waals surface area (Å²) in [6.45, 7) is 4.14. The minimum Gasteiger partial charge on any atom is -0.451 e. The molecule has 1 atom stereocenters. The monoisotopic (exact) mass is 439 g/mol. The Morgan fingerprint density at radius 1 is 1.20 bits per heavy atom. The lowest BCUT2D eigenvalue weighted by Crippen LogP contribution is -2.30. The standard InChI is InChI=1S/C22H21N3O3S2/c1-14-17-11-19(30-21(17)25(24-14)12-16-7-4-3-5-8-16)22(27)28-13-20(26)23-15(2)18-9-6-10-29-18/h3-11,15H,12-13H2,1-2H3,(H,23,26). The molecular formula is C22H21N3O3S2. The number of esters is 1. The number of hydrogen-bond donors (Lipinski definition) is 1. The van der Waals surface area contributed by atoms with E-state index >= 15 is 0 Å². The van der Waals surface area contributed by atoms with Crippen LogP contribution in [0.4, 0.5) is 0 Å². The maximum Gasteiger partial charge on any atom is 0.348 e. The van der Waals surface area contributed by atoms with Gasteiger partial charge in [0.05, 0.1) is 18.3 Å². The third-order valence-corrected chi connectivity index (χ3v) is 6.85. The number of thiophene rings is 2. The van der Waals surface area contributed by atoms with E-state index in [1.54, 1.807) is 17.4 Å². The van der Waals surface area contributed by atoms with Gasteiger partial charge in [-0.3, -0.25) is 9.48 Å². The van der Waals surface area contributed by atoms with Gasteiger partial charge in [-0.1, -0.05) is 36.4 Å². The Balaban J connectivity index is 1.41. The van der Waals surface area contributed by atoms with Gasteiger partial charge in [0, 0.05) is 10.3 Å². The van der Waals surface area contributed by atoms with E-state index in [1.165, 1.54) is 11.3 Å². The van der Waals surface area contributed by atoms with Gasteiger partial charge in [0.15, 0.2) is 6.61 Å². The molecule has 0 aliphatic heterocycles. The van der Waals surface area contributed by atoms with Crippen LogP contribution in [-0.4, -0.2) is 28.3 Å². The highest BCUT2D eigenvalue weighted by atomic mass is 32.1. The zero-order valence-electron chi connectivity index (χ0n) is 16.6. The zero-order chi connectivity index (χ0) is 21.1. The van der Waals surface area contributed by atoms with Gasteiger partial charge >= 0.3 is 5.97 Å². The van der Waals surface area contributed by atoms with Gasteiger partial charge in [0.25, 0.3) is 5.91 Å². The summed E-state index contributed by atoms with van der Waals surface area (Å²) in [5.41, 5.74) is 2.00. The van der Waals surface area contributed by atoms with Crippen molar-refractivity contribution in [3.05, 3.63) is 74.9 Å². The first-order valence-electron chi connectivity index (χ1n) is 9.52. The molecule has 0 aliphatic carbocycles. The van der Waals surface area contributed by atoms with E-state index in [-0.39, 0.29) is 18.6 Å². The van der Waals surface area contributed by atoms with Crippen LogP contribution in [0, 0.1) is 6.92 Å². The average molecular weight is 440 g/mol. The number of rotatable bonds is 7. The summed E-state index contributed by atoms with van der Waals surface area (Å²) >= 11 is 2.90. The number of hydrogen-bond acceptors (Lipinski definition) is 6. The van der Waals surface area contributed by atoms with Crippen molar-refractivity contribution in [1.29, 1.82) is 0 Å². The molecule has 0 saturated carbocycles. The smallest absolute Gasteiger partial charge is 0.348 e. The molecule has 3 aromatic heterocycles. The van der Waals surface area contributed by atoms with Gasteiger partial charge in [0.1, 0.15) is 9.71 Å². The Morgan fingerprint density at radius 3 is 2.73 bits per heavy atom. The molecule has 0 spiro atoms. The molecule has 3 heterocycles. The number of amides is 1. The molecule has 8 heteroatoms. The van der Waals surface area contributed by atoms with Crippen LogP contribution < -0.4 is 5.32 Å². The third-order valence-electron chi connectivity index (χ3n) is 4.67. The second-order valence-corrected chi connectivity index (χ2v) is 8.95. The highest BCUT2D eigenvalue weighted by Crippen LogP contribution is 2.29. The number of fused-ring (bicyclic) bond motifs is 1. The Morgan fingerprint density at radius 2 is 2.00 bits per heavy atom. The lowest BCUT2D eigenvalue weighted by atomic mass is 10.2. The minimum absolute atomic E-state index is 0.118. The molecule has 4 rings (SSSR count). The van der Waals surface area contributed by atoms with Crippen LogP contribution in [0.25, 0.3) is 10.2 Å². The van der Waals surface area contributed by atoms with Gasteiger partial charge in [-0.05, 0) is 36.9 Å². The second-order valence-electron chi connectivity index (χ2n) is 6.94. The minimum atomic E-state index is -0.499. The maximum atomic E-state index is 12.5. The molecule has 1 amide bonds. The van der Waals surface area contributed by atoms with E-state index in [1.807, 2.05) is 66.4 Å². The second kappa shape index (κ2) is 8.81. The fourth-order valence-corrected chi connectivity index (χ4v) is 4.96. The largest absolute Gasteiger partial charge is 0.451 e. The van der Waals surface area contributed by atoms with Crippen LogP contribution in [0.1, 0.15) is 38.8 Å². The number of carbonyl (C=O) groups is 2. The molecule has 0 fully saturated rings. The fourth-order valence-electron chi connectivity index (χ4n) is 3.17. The summed E-state index contributed by atoms with van der Waals surface area (Å²) in [6.07, 6.45) is 0. The average Bonchev–Trinajstić information content (AvgIpc) is 3.46. The number of ether oxygens (including phenoxy) is 1. The molecule has 1 aromatic carbocycles. The molecular weight excluding hydrogens is 418 g/mol. The first-order chi connectivity index (χ1) is 14.5. The summed E-state index contributed by atoms with van der Waals surface area (Å²) < 4.78 is 7.14. The van der Waals surface area contributed by atoms with Crippen LogP contribution in [0.15, 0.2) is 53.9 Å². The number of aryl methyl sites for hydroxylation is 1. The first kappa shape index (κ1) is 20.3. The molecule has 0 aliphatic rings. The van der Waals surface area contributed by atoms with Crippen LogP contribution in [-0.2, 0) is 16.1 Å². The fraction of sp³-hybridized carbons (Fsp3) is 0.227. The lowest BCUT2D eigenvalue weighted by molar-refractivity contribution is -0.124. The van der Waals surface area contributed by atoms with E-state index in [4.69, 9.17) is 4.74 Å². The molecule has 154 valence electrons. The van der Waals surface area contributed by atoms with Crippen molar-refractivity contribution in [1.82, 2.24) is 15.1 Å². The Labute approximate surface area is 182 Å². The molecule has 0 bridgehead atoms. The first-order valence-corrected chi connectivity index (χ1v) is 11.2. The van der Waals surface area contributed by atoms with Gasteiger partial charge in [-0.2, -0.15) is 5.10 Å². The molecule has 1 unspecified atom stereocenters. The van der Waals surface area contributed by atoms with Crippen molar-refractivity contribution < 1.29 is 14.3 Å². The number of benzene rings is 1. The SMILES string of the molecule is Cc1nn(Cc2ccccc2)c2sc(C(=O)OCC(=O)NC(C)c3cccs3)cc12. The van der Waals surface area contributed by atoms with E-state index in [2.05, 4.69) is 10.4 Å². The quantitative estimate of drug-likeness (QED) is 0.429. The van der Waals surface area contributed by atoms with Gasteiger partial charge in [0.2, 0.25) is 0 Å². The Kier molecular flexibility index (Phi) is 5.96. The Hall–Kier alpha value is -2.97. The van der Waals surface area contributed by atoms with E-state index in [0.717, 1.165) is 26.4 Å². The summed E-state index contributed by atoms with van der Waals surface area (Å²) in [7, 11) is 0. The maximum absolute atomic E-state index is 12.5. The van der Waals surface area contributed by atoms with Crippen molar-refractivity contribution in [3.63, 3.8) is 0 Å². The number of carbonyl (C=O) groups excluding carboxylic acids is 2. The van der Waals surface area contributed by atoms with Crippen molar-refractivity contribution >= 4 is 44.8 Å². The van der Waals surface area contributed by atoms with E-state index in [9.17, 15) is 9.59 Å².